The molecule has 4 rings (SSSR count). The van der Waals surface area contributed by atoms with Crippen LogP contribution in [0.2, 0.25) is 0 Å². The highest BCUT2D eigenvalue weighted by atomic mass is 16.6. The molecule has 1 unspecified atom stereocenters. The van der Waals surface area contributed by atoms with Crippen molar-refractivity contribution in [2.75, 3.05) is 23.3 Å². The van der Waals surface area contributed by atoms with Gasteiger partial charge in [0, 0.05) is 31.0 Å². The molecule has 0 saturated carbocycles. The number of ether oxygens (including phenoxy) is 1. The predicted molar refractivity (Wildman–Crippen MR) is 121 cm³/mol. The van der Waals surface area contributed by atoms with Gasteiger partial charge in [0.25, 0.3) is 0 Å². The molecule has 2 aliphatic rings. The molecule has 0 radical (unpaired) electrons. The van der Waals surface area contributed by atoms with E-state index in [1.165, 1.54) is 11.1 Å². The van der Waals surface area contributed by atoms with Gasteiger partial charge < -0.3 is 20.3 Å². The summed E-state index contributed by atoms with van der Waals surface area (Å²) >= 11 is 0. The minimum Gasteiger partial charge on any atom is -0.443 e. The molecular formula is C24H30N4O3. The number of rotatable bonds is 3. The van der Waals surface area contributed by atoms with E-state index in [-0.39, 0.29) is 18.2 Å². The molecule has 2 aliphatic heterocycles. The molecule has 1 fully saturated rings. The monoisotopic (exact) mass is 422 g/mol. The van der Waals surface area contributed by atoms with Gasteiger partial charge in [-0.05, 0) is 69.1 Å². The number of nitrogens with one attached hydrogen (secondary N) is 2. The Labute approximate surface area is 183 Å². The van der Waals surface area contributed by atoms with Gasteiger partial charge in [-0.1, -0.05) is 24.3 Å². The highest BCUT2D eigenvalue weighted by Crippen LogP contribution is 2.26. The standard InChI is InChI=1S/C24H30N4O3/c1-24(2,3)31-23(30)28(21-12-13-25-14-21)20-10-8-19(9-11-20)26-22(29)27-15-17-6-4-5-7-18(17)16-27/h4-11,21,25H,12-16H2,1-3H3,(H,26,29). The molecule has 164 valence electrons. The summed E-state index contributed by atoms with van der Waals surface area (Å²) in [6, 6.07) is 15.4. The van der Waals surface area contributed by atoms with Crippen LogP contribution in [0.3, 0.4) is 0 Å². The SMILES string of the molecule is CC(C)(C)OC(=O)N(c1ccc(NC(=O)N2Cc3ccccc3C2)cc1)C1CCNC1. The number of hydrogen-bond donors (Lipinski definition) is 2. The molecule has 2 aromatic rings. The summed E-state index contributed by atoms with van der Waals surface area (Å²) in [6.45, 7) is 8.42. The molecule has 7 heteroatoms. The Balaban J connectivity index is 1.44. The van der Waals surface area contributed by atoms with Crippen LogP contribution in [0.25, 0.3) is 0 Å². The van der Waals surface area contributed by atoms with E-state index in [1.807, 2.05) is 57.2 Å². The first-order valence-electron chi connectivity index (χ1n) is 10.8. The van der Waals surface area contributed by atoms with Gasteiger partial charge >= 0.3 is 12.1 Å². The van der Waals surface area contributed by atoms with Crippen molar-refractivity contribution in [1.82, 2.24) is 10.2 Å². The molecule has 2 heterocycles. The molecule has 2 N–H and O–H groups in total. The number of carbonyl (C=O) groups excluding carboxylic acids is 2. The third-order valence-corrected chi connectivity index (χ3v) is 5.51. The summed E-state index contributed by atoms with van der Waals surface area (Å²) in [4.78, 5) is 29.1. The molecule has 2 aromatic carbocycles. The lowest BCUT2D eigenvalue weighted by atomic mass is 10.1. The summed E-state index contributed by atoms with van der Waals surface area (Å²) in [5, 5.41) is 6.27. The molecule has 0 bridgehead atoms. The first kappa shape index (κ1) is 21.2. The zero-order valence-corrected chi connectivity index (χ0v) is 18.4. The van der Waals surface area contributed by atoms with Crippen LogP contribution in [-0.2, 0) is 17.8 Å². The van der Waals surface area contributed by atoms with E-state index in [0.717, 1.165) is 25.2 Å². The van der Waals surface area contributed by atoms with Crippen molar-refractivity contribution in [2.24, 2.45) is 0 Å². The van der Waals surface area contributed by atoms with Crippen molar-refractivity contribution in [1.29, 1.82) is 0 Å². The fraction of sp³-hybridized carbons (Fsp3) is 0.417. The smallest absolute Gasteiger partial charge is 0.415 e. The van der Waals surface area contributed by atoms with E-state index in [4.69, 9.17) is 4.74 Å². The summed E-state index contributed by atoms with van der Waals surface area (Å²) in [5.41, 5.74) is 3.26. The zero-order valence-electron chi connectivity index (χ0n) is 18.4. The molecule has 0 aromatic heterocycles. The highest BCUT2D eigenvalue weighted by Gasteiger charge is 2.31. The fourth-order valence-electron chi connectivity index (χ4n) is 4.02. The first-order chi connectivity index (χ1) is 14.8. The largest absolute Gasteiger partial charge is 0.443 e. The van der Waals surface area contributed by atoms with Gasteiger partial charge in [0.2, 0.25) is 0 Å². The Morgan fingerprint density at radius 2 is 1.71 bits per heavy atom. The van der Waals surface area contributed by atoms with Gasteiger partial charge in [-0.25, -0.2) is 9.59 Å². The van der Waals surface area contributed by atoms with Crippen LogP contribution in [0.5, 0.6) is 0 Å². The molecule has 0 spiro atoms. The van der Waals surface area contributed by atoms with Crippen molar-refractivity contribution in [3.05, 3.63) is 59.7 Å². The normalized spacial score (nSPS) is 17.9. The van der Waals surface area contributed by atoms with Gasteiger partial charge in [0.05, 0.1) is 6.04 Å². The Morgan fingerprint density at radius 1 is 1.06 bits per heavy atom. The average Bonchev–Trinajstić information content (AvgIpc) is 3.38. The molecule has 31 heavy (non-hydrogen) atoms. The second-order valence-electron chi connectivity index (χ2n) is 9.10. The lowest BCUT2D eigenvalue weighted by Crippen LogP contribution is -2.44. The second-order valence-corrected chi connectivity index (χ2v) is 9.10. The second kappa shape index (κ2) is 8.59. The van der Waals surface area contributed by atoms with Crippen LogP contribution in [-0.4, -0.2) is 41.8 Å². The van der Waals surface area contributed by atoms with Gasteiger partial charge in [-0.15, -0.1) is 0 Å². The van der Waals surface area contributed by atoms with Crippen molar-refractivity contribution >= 4 is 23.5 Å². The van der Waals surface area contributed by atoms with E-state index in [9.17, 15) is 9.59 Å². The van der Waals surface area contributed by atoms with Gasteiger partial charge in [0.1, 0.15) is 5.60 Å². The van der Waals surface area contributed by atoms with E-state index in [2.05, 4.69) is 22.8 Å². The van der Waals surface area contributed by atoms with Crippen LogP contribution in [0, 0.1) is 0 Å². The number of carbonyl (C=O) groups is 2. The van der Waals surface area contributed by atoms with Gasteiger partial charge in [-0.3, -0.25) is 4.90 Å². The van der Waals surface area contributed by atoms with Gasteiger partial charge in [0.15, 0.2) is 0 Å². The number of amides is 3. The van der Waals surface area contributed by atoms with Crippen molar-refractivity contribution in [3.8, 4) is 0 Å². The quantitative estimate of drug-likeness (QED) is 0.772. The third kappa shape index (κ3) is 4.99. The van der Waals surface area contributed by atoms with Gasteiger partial charge in [-0.2, -0.15) is 0 Å². The number of urea groups is 1. The molecule has 7 nitrogen and oxygen atoms in total. The topological polar surface area (TPSA) is 73.9 Å². The summed E-state index contributed by atoms with van der Waals surface area (Å²) in [7, 11) is 0. The molecule has 1 saturated heterocycles. The van der Waals surface area contributed by atoms with Crippen LogP contribution >= 0.6 is 0 Å². The summed E-state index contributed by atoms with van der Waals surface area (Å²) in [6.07, 6.45) is 0.514. The minimum absolute atomic E-state index is 0.0402. The molecular weight excluding hydrogens is 392 g/mol. The summed E-state index contributed by atoms with van der Waals surface area (Å²) in [5.74, 6) is 0. The molecule has 3 amide bonds. The van der Waals surface area contributed by atoms with Crippen LogP contribution in [0.1, 0.15) is 38.3 Å². The Kier molecular flexibility index (Phi) is 5.87. The zero-order chi connectivity index (χ0) is 22.0. The third-order valence-electron chi connectivity index (χ3n) is 5.51. The van der Waals surface area contributed by atoms with Crippen LogP contribution in [0.4, 0.5) is 21.0 Å². The maximum Gasteiger partial charge on any atom is 0.415 e. The number of anilines is 2. The molecule has 0 aliphatic carbocycles. The summed E-state index contributed by atoms with van der Waals surface area (Å²) < 4.78 is 5.64. The highest BCUT2D eigenvalue weighted by molar-refractivity contribution is 5.91. The minimum atomic E-state index is -0.567. The number of hydrogen-bond acceptors (Lipinski definition) is 4. The molecule has 1 atom stereocenters. The van der Waals surface area contributed by atoms with Crippen LogP contribution < -0.4 is 15.5 Å². The maximum absolute atomic E-state index is 12.9. The van der Waals surface area contributed by atoms with E-state index in [0.29, 0.717) is 18.8 Å². The average molecular weight is 423 g/mol. The van der Waals surface area contributed by atoms with E-state index >= 15 is 0 Å². The van der Waals surface area contributed by atoms with Crippen molar-refractivity contribution < 1.29 is 14.3 Å². The number of nitrogens with zero attached hydrogens (tertiary/aromatic N) is 2. The lowest BCUT2D eigenvalue weighted by molar-refractivity contribution is 0.0568. The fourth-order valence-corrected chi connectivity index (χ4v) is 4.02. The Morgan fingerprint density at radius 3 is 2.26 bits per heavy atom. The van der Waals surface area contributed by atoms with Crippen LogP contribution in [0.15, 0.2) is 48.5 Å². The number of benzene rings is 2. The van der Waals surface area contributed by atoms with E-state index in [1.54, 1.807) is 9.80 Å². The van der Waals surface area contributed by atoms with Crippen molar-refractivity contribution in [3.63, 3.8) is 0 Å². The Bertz CT molecular complexity index is 921. The lowest BCUT2D eigenvalue weighted by Gasteiger charge is -2.31. The predicted octanol–water partition coefficient (Wildman–Crippen LogP) is 4.34. The maximum atomic E-state index is 12.9. The number of fused-ring (bicyclic) bond motifs is 1. The Hall–Kier alpha value is -3.06. The van der Waals surface area contributed by atoms with E-state index < -0.39 is 5.60 Å². The van der Waals surface area contributed by atoms with Crippen molar-refractivity contribution in [2.45, 2.75) is 51.9 Å². The first-order valence-corrected chi connectivity index (χ1v) is 10.8.